The average Bonchev–Trinajstić information content (AvgIpc) is 3.73. The van der Waals surface area contributed by atoms with E-state index in [1.807, 2.05) is 22.9 Å². The maximum Gasteiger partial charge on any atom is 0.293 e. The van der Waals surface area contributed by atoms with Crippen LogP contribution >= 0.6 is 11.6 Å². The van der Waals surface area contributed by atoms with E-state index < -0.39 is 31.4 Å². The van der Waals surface area contributed by atoms with E-state index in [0.29, 0.717) is 48.8 Å². The highest BCUT2D eigenvalue weighted by atomic mass is 35.5. The minimum Gasteiger partial charge on any atom is -0.453 e. The van der Waals surface area contributed by atoms with E-state index in [1.54, 1.807) is 25.4 Å². The van der Waals surface area contributed by atoms with Crippen molar-refractivity contribution >= 4 is 61.2 Å². The number of carbonyl (C=O) groups is 1. The first kappa shape index (κ1) is 43.1. The number of halogens is 1. The number of amides is 1. The van der Waals surface area contributed by atoms with Crippen molar-refractivity contribution in [2.45, 2.75) is 43.4 Å². The van der Waals surface area contributed by atoms with Crippen molar-refractivity contribution in [1.82, 2.24) is 24.6 Å². The maximum atomic E-state index is 13.8. The number of sulfonamides is 1. The smallest absolute Gasteiger partial charge is 0.293 e. The number of anilines is 2. The molecule has 0 radical (unpaired) electrons. The fraction of sp³-hybridized carbons (Fsp3) is 0.386. The number of pyridine rings is 2. The molecule has 4 heterocycles. The lowest BCUT2D eigenvalue weighted by Gasteiger charge is -2.47. The van der Waals surface area contributed by atoms with E-state index in [1.165, 1.54) is 66.9 Å². The number of rotatable bonds is 17. The number of carbonyl (C=O) groups excluding carboxylic acids is 1. The summed E-state index contributed by atoms with van der Waals surface area (Å²) >= 11 is 6.27. The Morgan fingerprint density at radius 2 is 1.79 bits per heavy atom. The third-order valence-corrected chi connectivity index (χ3v) is 13.6. The second kappa shape index (κ2) is 18.8. The molecule has 5 aromatic rings. The van der Waals surface area contributed by atoms with Gasteiger partial charge in [0.2, 0.25) is 0 Å². The number of aromatic amines is 1. The zero-order valence-corrected chi connectivity index (χ0v) is 36.0. The molecule has 3 aliphatic rings. The van der Waals surface area contributed by atoms with Gasteiger partial charge in [0.15, 0.2) is 11.4 Å². The van der Waals surface area contributed by atoms with Gasteiger partial charge in [-0.15, -0.1) is 0 Å². The highest BCUT2D eigenvalue weighted by Crippen LogP contribution is 2.55. The van der Waals surface area contributed by atoms with E-state index >= 15 is 0 Å². The van der Waals surface area contributed by atoms with Crippen molar-refractivity contribution in [3.63, 3.8) is 0 Å². The Morgan fingerprint density at radius 1 is 0.984 bits per heavy atom. The monoisotopic (exact) mass is 884 g/mol. The lowest BCUT2D eigenvalue weighted by atomic mass is 9.59. The van der Waals surface area contributed by atoms with Crippen LogP contribution in [0.4, 0.5) is 17.1 Å². The second-order valence-corrected chi connectivity index (χ2v) is 18.1. The van der Waals surface area contributed by atoms with Crippen LogP contribution in [-0.2, 0) is 19.5 Å². The number of nitro benzene ring substituents is 1. The largest absolute Gasteiger partial charge is 0.453 e. The molecule has 2 fully saturated rings. The van der Waals surface area contributed by atoms with Gasteiger partial charge in [0.1, 0.15) is 17.1 Å². The SMILES string of the molecule is COCCOCCNc1ccc(S(=O)(=O)NC(=O)c2ncc(N3CCN(CC4=C(c5ccc(Cl)cc5)CC5(CCC5)CC4)CC3)cc2Oc2cnc3[nH]ccc3c2)cc1[N+](=O)[O-]. The first-order valence-corrected chi connectivity index (χ1v) is 22.6. The van der Waals surface area contributed by atoms with Crippen LogP contribution < -0.4 is 19.7 Å². The molecule has 0 unspecified atom stereocenters. The summed E-state index contributed by atoms with van der Waals surface area (Å²) in [6.07, 6.45) is 12.1. The molecule has 0 bridgehead atoms. The number of fused-ring (bicyclic) bond motifs is 1. The van der Waals surface area contributed by atoms with E-state index in [9.17, 15) is 23.3 Å². The molecule has 0 atom stereocenters. The quantitative estimate of drug-likeness (QED) is 0.0475. The van der Waals surface area contributed by atoms with Crippen molar-refractivity contribution in [2.75, 3.05) is 76.4 Å². The van der Waals surface area contributed by atoms with Crippen molar-refractivity contribution in [3.05, 3.63) is 111 Å². The Morgan fingerprint density at radius 3 is 2.53 bits per heavy atom. The van der Waals surface area contributed by atoms with Crippen LogP contribution in [-0.4, -0.2) is 105 Å². The van der Waals surface area contributed by atoms with Crippen LogP contribution in [0.1, 0.15) is 54.6 Å². The summed E-state index contributed by atoms with van der Waals surface area (Å²) in [5.41, 5.74) is 5.30. The molecule has 1 spiro atoms. The van der Waals surface area contributed by atoms with Gasteiger partial charge in [-0.3, -0.25) is 19.8 Å². The van der Waals surface area contributed by atoms with Gasteiger partial charge in [0.05, 0.1) is 47.7 Å². The summed E-state index contributed by atoms with van der Waals surface area (Å²) in [6.45, 7) is 5.09. The number of ether oxygens (including phenoxy) is 3. The standard InChI is InChI=1S/C44H49ClN8O8S/c1-59-21-22-60-20-15-46-38-8-7-36(25-39(38)53(55)56)62(57,58)50-43(54)41-40(61-35-23-31-10-14-47-42(31)49-28-35)24-34(27-48-41)52-18-16-51(17-19-52)29-32-9-13-44(11-2-12-44)26-37(32)30-3-5-33(45)6-4-30/h3-8,10,14,23-25,27-28,46H,2,9,11-13,15-22,26,29H2,1H3,(H,47,49)(H,50,54). The van der Waals surface area contributed by atoms with Crippen LogP contribution in [0.5, 0.6) is 11.5 Å². The van der Waals surface area contributed by atoms with Crippen molar-refractivity contribution < 1.29 is 32.3 Å². The van der Waals surface area contributed by atoms with E-state index in [0.717, 1.165) is 49.0 Å². The predicted molar refractivity (Wildman–Crippen MR) is 236 cm³/mol. The number of hydrogen-bond donors (Lipinski definition) is 3. The first-order chi connectivity index (χ1) is 30.0. The molecule has 18 heteroatoms. The van der Waals surface area contributed by atoms with Crippen LogP contribution in [0, 0.1) is 15.5 Å². The van der Waals surface area contributed by atoms with Crippen LogP contribution in [0.2, 0.25) is 5.02 Å². The van der Waals surface area contributed by atoms with Crippen LogP contribution in [0.15, 0.2) is 89.7 Å². The van der Waals surface area contributed by atoms with E-state index in [4.69, 9.17) is 25.8 Å². The summed E-state index contributed by atoms with van der Waals surface area (Å²) in [4.78, 5) is 41.1. The lowest BCUT2D eigenvalue weighted by molar-refractivity contribution is -0.384. The van der Waals surface area contributed by atoms with Gasteiger partial charge in [-0.1, -0.05) is 35.7 Å². The molecule has 1 amide bonds. The number of piperazine rings is 1. The molecular formula is C44H49ClN8O8S. The number of H-pyrrole nitrogens is 1. The predicted octanol–water partition coefficient (Wildman–Crippen LogP) is 7.44. The van der Waals surface area contributed by atoms with Gasteiger partial charge < -0.3 is 29.4 Å². The maximum absolute atomic E-state index is 13.8. The summed E-state index contributed by atoms with van der Waals surface area (Å²) in [5.74, 6) is -0.759. The summed E-state index contributed by atoms with van der Waals surface area (Å²) in [6, 6.07) is 16.8. The summed E-state index contributed by atoms with van der Waals surface area (Å²) in [7, 11) is -3.07. The zero-order valence-electron chi connectivity index (χ0n) is 34.4. The minimum absolute atomic E-state index is 0.0115. The number of nitrogens with one attached hydrogen (secondary N) is 3. The van der Waals surface area contributed by atoms with Gasteiger partial charge in [-0.2, -0.15) is 0 Å². The van der Waals surface area contributed by atoms with Crippen molar-refractivity contribution in [1.29, 1.82) is 0 Å². The highest BCUT2D eigenvalue weighted by molar-refractivity contribution is 7.90. The van der Waals surface area contributed by atoms with E-state index in [2.05, 4.69) is 42.2 Å². The molecule has 3 N–H and O–H groups in total. The van der Waals surface area contributed by atoms with Gasteiger partial charge in [-0.05, 0) is 85.1 Å². The molecule has 3 aromatic heterocycles. The fourth-order valence-electron chi connectivity index (χ4n) is 8.49. The van der Waals surface area contributed by atoms with Gasteiger partial charge in [-0.25, -0.2) is 23.1 Å². The number of aromatic nitrogens is 3. The van der Waals surface area contributed by atoms with Gasteiger partial charge >= 0.3 is 0 Å². The minimum atomic E-state index is -4.61. The average molecular weight is 885 g/mol. The van der Waals surface area contributed by atoms with Gasteiger partial charge in [0.25, 0.3) is 21.6 Å². The number of allylic oxidation sites excluding steroid dienone is 1. The van der Waals surface area contributed by atoms with E-state index in [-0.39, 0.29) is 30.3 Å². The summed E-state index contributed by atoms with van der Waals surface area (Å²) in [5, 5.41) is 16.4. The third kappa shape index (κ3) is 9.87. The highest BCUT2D eigenvalue weighted by Gasteiger charge is 2.41. The molecule has 326 valence electrons. The number of nitrogens with zero attached hydrogens (tertiary/aromatic N) is 5. The Balaban J connectivity index is 0.989. The second-order valence-electron chi connectivity index (χ2n) is 16.0. The molecule has 1 saturated heterocycles. The number of benzene rings is 2. The normalized spacial score (nSPS) is 16.6. The first-order valence-electron chi connectivity index (χ1n) is 20.7. The lowest BCUT2D eigenvalue weighted by Crippen LogP contribution is -2.47. The topological polar surface area (TPSA) is 194 Å². The number of nitro groups is 1. The van der Waals surface area contributed by atoms with Gasteiger partial charge in [0, 0.05) is 75.1 Å². The molecule has 1 saturated carbocycles. The Labute approximate surface area is 364 Å². The molecule has 62 heavy (non-hydrogen) atoms. The summed E-state index contributed by atoms with van der Waals surface area (Å²) < 4.78 is 45.8. The molecule has 2 aliphatic carbocycles. The molecule has 8 rings (SSSR count). The Bertz CT molecular complexity index is 2570. The van der Waals surface area contributed by atoms with Crippen LogP contribution in [0.3, 0.4) is 0 Å². The van der Waals surface area contributed by atoms with Crippen LogP contribution in [0.25, 0.3) is 16.6 Å². The third-order valence-electron chi connectivity index (χ3n) is 12.0. The molecule has 2 aromatic carbocycles. The zero-order chi connectivity index (χ0) is 43.3. The molecule has 1 aliphatic heterocycles. The molecule has 16 nitrogen and oxygen atoms in total. The number of methoxy groups -OCH3 is 1. The Kier molecular flexibility index (Phi) is 13.1. The van der Waals surface area contributed by atoms with Crippen molar-refractivity contribution in [3.8, 4) is 11.5 Å². The molecular weight excluding hydrogens is 836 g/mol. The Hall–Kier alpha value is -5.59. The number of hydrogen-bond acceptors (Lipinski definition) is 13. The fourth-order valence-corrected chi connectivity index (χ4v) is 9.59. The van der Waals surface area contributed by atoms with Crippen molar-refractivity contribution in [2.24, 2.45) is 5.41 Å².